The van der Waals surface area contributed by atoms with Gasteiger partial charge >= 0.3 is 18.0 Å². The molecule has 0 saturated heterocycles. The number of rotatable bonds is 10. The number of hydrogen-bond donors (Lipinski definition) is 2. The van der Waals surface area contributed by atoms with Crippen LogP contribution in [0.4, 0.5) is 4.79 Å². The third-order valence-electron chi connectivity index (χ3n) is 4.43. The number of hydrogen-bond acceptors (Lipinski definition) is 7. The number of nitrogens with one attached hydrogen (secondary N) is 2. The van der Waals surface area contributed by atoms with E-state index in [1.165, 1.54) is 14.2 Å². The van der Waals surface area contributed by atoms with Crippen LogP contribution >= 0.6 is 0 Å². The van der Waals surface area contributed by atoms with Crippen LogP contribution in [0, 0.1) is 11.8 Å². The lowest BCUT2D eigenvalue weighted by Gasteiger charge is -2.25. The molecule has 2 amide bonds. The van der Waals surface area contributed by atoms with Gasteiger partial charge in [0.2, 0.25) is 5.91 Å². The average molecular weight is 422 g/mol. The van der Waals surface area contributed by atoms with Crippen LogP contribution in [0.25, 0.3) is 0 Å². The summed E-state index contributed by atoms with van der Waals surface area (Å²) < 4.78 is 14.5. The second-order valence-electron chi connectivity index (χ2n) is 7.17. The highest BCUT2D eigenvalue weighted by molar-refractivity contribution is 5.90. The molecule has 1 aromatic rings. The molecule has 0 bridgehead atoms. The summed E-state index contributed by atoms with van der Waals surface area (Å²) in [5.41, 5.74) is 0.806. The van der Waals surface area contributed by atoms with E-state index in [2.05, 4.69) is 15.4 Å². The van der Waals surface area contributed by atoms with Crippen molar-refractivity contribution in [1.29, 1.82) is 0 Å². The molecule has 1 rings (SSSR count). The van der Waals surface area contributed by atoms with Crippen LogP contribution in [-0.4, -0.2) is 50.2 Å². The Morgan fingerprint density at radius 1 is 0.900 bits per heavy atom. The van der Waals surface area contributed by atoms with Gasteiger partial charge in [0.15, 0.2) is 0 Å². The van der Waals surface area contributed by atoms with Crippen molar-refractivity contribution < 1.29 is 33.4 Å². The van der Waals surface area contributed by atoms with Crippen LogP contribution in [0.15, 0.2) is 30.3 Å². The first-order valence-electron chi connectivity index (χ1n) is 9.62. The first kappa shape index (κ1) is 24.9. The van der Waals surface area contributed by atoms with Crippen molar-refractivity contribution in [2.45, 2.75) is 45.9 Å². The predicted molar refractivity (Wildman–Crippen MR) is 108 cm³/mol. The lowest BCUT2D eigenvalue weighted by atomic mass is 9.99. The van der Waals surface area contributed by atoms with Crippen LogP contribution in [0.1, 0.15) is 32.8 Å². The van der Waals surface area contributed by atoms with Crippen LogP contribution in [0.3, 0.4) is 0 Å². The minimum absolute atomic E-state index is 0.00560. The number of methoxy groups -OCH3 is 2. The first-order valence-corrected chi connectivity index (χ1v) is 9.62. The van der Waals surface area contributed by atoms with Crippen molar-refractivity contribution in [2.24, 2.45) is 11.8 Å². The van der Waals surface area contributed by atoms with Crippen molar-refractivity contribution in [1.82, 2.24) is 10.6 Å². The van der Waals surface area contributed by atoms with E-state index in [4.69, 9.17) is 9.47 Å². The Balaban J connectivity index is 2.75. The van der Waals surface area contributed by atoms with Crippen molar-refractivity contribution in [3.8, 4) is 0 Å². The highest BCUT2D eigenvalue weighted by Gasteiger charge is 2.32. The van der Waals surface area contributed by atoms with Crippen LogP contribution in [0.2, 0.25) is 0 Å². The minimum Gasteiger partial charge on any atom is -0.469 e. The Hall–Kier alpha value is -3.10. The first-order chi connectivity index (χ1) is 14.2. The third-order valence-corrected chi connectivity index (χ3v) is 4.43. The van der Waals surface area contributed by atoms with Gasteiger partial charge < -0.3 is 24.8 Å². The number of carbonyl (C=O) groups excluding carboxylic acids is 4. The molecule has 0 aromatic heterocycles. The zero-order valence-electron chi connectivity index (χ0n) is 18.0. The van der Waals surface area contributed by atoms with Gasteiger partial charge in [-0.1, -0.05) is 51.1 Å². The summed E-state index contributed by atoms with van der Waals surface area (Å²) in [6.07, 6.45) is -0.765. The number of amides is 2. The zero-order valence-corrected chi connectivity index (χ0v) is 18.0. The van der Waals surface area contributed by atoms with Gasteiger partial charge in [0, 0.05) is 0 Å². The van der Waals surface area contributed by atoms with Gasteiger partial charge in [-0.25, -0.2) is 9.59 Å². The summed E-state index contributed by atoms with van der Waals surface area (Å²) >= 11 is 0. The van der Waals surface area contributed by atoms with Crippen LogP contribution in [0.5, 0.6) is 0 Å². The molecule has 166 valence electrons. The lowest BCUT2D eigenvalue weighted by Crippen LogP contribution is -2.54. The number of carbonyl (C=O) groups is 4. The number of benzene rings is 1. The van der Waals surface area contributed by atoms with E-state index in [9.17, 15) is 19.2 Å². The quantitative estimate of drug-likeness (QED) is 0.436. The summed E-state index contributed by atoms with van der Waals surface area (Å²) in [5, 5.41) is 5.07. The smallest absolute Gasteiger partial charge is 0.408 e. The molecule has 9 heteroatoms. The molecule has 0 aliphatic rings. The predicted octanol–water partition coefficient (Wildman–Crippen LogP) is 1.79. The molecular formula is C21H30N2O7. The summed E-state index contributed by atoms with van der Waals surface area (Å²) in [4.78, 5) is 48.6. The molecule has 0 unspecified atom stereocenters. The van der Waals surface area contributed by atoms with Crippen molar-refractivity contribution in [3.05, 3.63) is 35.9 Å². The van der Waals surface area contributed by atoms with Crippen LogP contribution < -0.4 is 10.6 Å². The summed E-state index contributed by atoms with van der Waals surface area (Å²) in [7, 11) is 2.42. The molecule has 3 atom stereocenters. The van der Waals surface area contributed by atoms with Gasteiger partial charge in [-0.3, -0.25) is 9.59 Å². The Bertz CT molecular complexity index is 721. The molecule has 2 N–H and O–H groups in total. The molecule has 0 heterocycles. The van der Waals surface area contributed by atoms with Crippen molar-refractivity contribution >= 4 is 23.9 Å². The third kappa shape index (κ3) is 8.10. The molecule has 0 radical (unpaired) electrons. The maximum Gasteiger partial charge on any atom is 0.408 e. The molecular weight excluding hydrogens is 392 g/mol. The Kier molecular flexibility index (Phi) is 10.4. The van der Waals surface area contributed by atoms with E-state index < -0.39 is 41.9 Å². The van der Waals surface area contributed by atoms with E-state index in [0.717, 1.165) is 5.56 Å². The Labute approximate surface area is 176 Å². The van der Waals surface area contributed by atoms with E-state index in [-0.39, 0.29) is 18.9 Å². The molecule has 9 nitrogen and oxygen atoms in total. The number of esters is 2. The molecule has 0 aliphatic carbocycles. The second-order valence-corrected chi connectivity index (χ2v) is 7.17. The fraction of sp³-hybridized carbons (Fsp3) is 0.524. The molecule has 1 aromatic carbocycles. The fourth-order valence-electron chi connectivity index (χ4n) is 2.70. The average Bonchev–Trinajstić information content (AvgIpc) is 2.74. The topological polar surface area (TPSA) is 120 Å². The van der Waals surface area contributed by atoms with E-state index in [0.29, 0.717) is 0 Å². The van der Waals surface area contributed by atoms with Gasteiger partial charge in [-0.15, -0.1) is 0 Å². The maximum atomic E-state index is 12.7. The maximum absolute atomic E-state index is 12.7. The van der Waals surface area contributed by atoms with E-state index in [1.54, 1.807) is 20.8 Å². The number of ether oxygens (including phenoxy) is 3. The highest BCUT2D eigenvalue weighted by atomic mass is 16.5. The lowest BCUT2D eigenvalue weighted by molar-refractivity contribution is -0.149. The monoisotopic (exact) mass is 422 g/mol. The van der Waals surface area contributed by atoms with Gasteiger partial charge in [-0.05, 0) is 17.9 Å². The van der Waals surface area contributed by atoms with E-state index >= 15 is 0 Å². The zero-order chi connectivity index (χ0) is 22.7. The molecule has 0 saturated carbocycles. The standard InChI is InChI=1S/C21H30N2O7/c1-13(2)17(23-21(27)30-12-15-9-7-6-8-10-15)18(24)22-16(20(26)29-5)11-14(3)19(25)28-4/h6-10,13-14,16-17H,11-12H2,1-5H3,(H,22,24)(H,23,27)/t14-,16-,17+/m1/s1. The van der Waals surface area contributed by atoms with Gasteiger partial charge in [0.05, 0.1) is 20.1 Å². The minimum atomic E-state index is -1.07. The largest absolute Gasteiger partial charge is 0.469 e. The molecule has 0 fully saturated rings. The summed E-state index contributed by atoms with van der Waals surface area (Å²) in [6.45, 7) is 5.12. The van der Waals surface area contributed by atoms with Gasteiger partial charge in [0.25, 0.3) is 0 Å². The summed E-state index contributed by atoms with van der Waals surface area (Å²) in [6, 6.07) is 7.09. The van der Waals surface area contributed by atoms with Crippen LogP contribution in [-0.2, 0) is 35.2 Å². The Morgan fingerprint density at radius 3 is 2.03 bits per heavy atom. The number of alkyl carbamates (subject to hydrolysis) is 1. The Morgan fingerprint density at radius 2 is 1.50 bits per heavy atom. The van der Waals surface area contributed by atoms with E-state index in [1.807, 2.05) is 30.3 Å². The fourth-order valence-corrected chi connectivity index (χ4v) is 2.70. The SMILES string of the molecule is COC(=O)[C@H](C)C[C@@H](NC(=O)[C@@H](NC(=O)OCc1ccccc1)C(C)C)C(=O)OC. The highest BCUT2D eigenvalue weighted by Crippen LogP contribution is 2.11. The van der Waals surface area contributed by atoms with Crippen molar-refractivity contribution in [3.63, 3.8) is 0 Å². The van der Waals surface area contributed by atoms with Gasteiger partial charge in [-0.2, -0.15) is 0 Å². The molecule has 30 heavy (non-hydrogen) atoms. The summed E-state index contributed by atoms with van der Waals surface area (Å²) in [5.74, 6) is -2.73. The second kappa shape index (κ2) is 12.5. The molecule has 0 aliphatic heterocycles. The normalized spacial score (nSPS) is 13.5. The van der Waals surface area contributed by atoms with Crippen molar-refractivity contribution in [2.75, 3.05) is 14.2 Å². The molecule has 0 spiro atoms. The van der Waals surface area contributed by atoms with Gasteiger partial charge in [0.1, 0.15) is 18.7 Å².